The summed E-state index contributed by atoms with van der Waals surface area (Å²) < 4.78 is 22.3. The van der Waals surface area contributed by atoms with Crippen LogP contribution in [0.3, 0.4) is 0 Å². The summed E-state index contributed by atoms with van der Waals surface area (Å²) in [4.78, 5) is 0. The van der Waals surface area contributed by atoms with E-state index in [1.54, 1.807) is 7.05 Å². The van der Waals surface area contributed by atoms with Crippen molar-refractivity contribution < 1.29 is 59.8 Å². The molecule has 0 amide bonds. The minimum Gasteiger partial charge on any atom is -0.394 e. The normalized spacial score (nSPS) is 52.5. The fourth-order valence-electron chi connectivity index (χ4n) is 4.60. The Bertz CT molecular complexity index is 648. The number of nitrogens with one attached hydrogen (secondary N) is 1. The summed E-state index contributed by atoms with van der Waals surface area (Å²) in [5, 5.41) is 83.5. The molecule has 1 saturated carbocycles. The van der Waals surface area contributed by atoms with Crippen molar-refractivity contribution >= 4 is 0 Å². The molecular formula is C19H37N3O12. The third-order valence-corrected chi connectivity index (χ3v) is 6.76. The van der Waals surface area contributed by atoms with Crippen LogP contribution in [-0.4, -0.2) is 153 Å². The van der Waals surface area contributed by atoms with E-state index >= 15 is 0 Å². The van der Waals surface area contributed by atoms with Gasteiger partial charge in [0, 0.05) is 12.1 Å². The minimum atomic E-state index is -1.69. The second-order valence-electron chi connectivity index (χ2n) is 8.97. The van der Waals surface area contributed by atoms with Crippen LogP contribution >= 0.6 is 0 Å². The van der Waals surface area contributed by atoms with Crippen molar-refractivity contribution in [2.24, 2.45) is 11.5 Å². The number of nitrogens with two attached hydrogens (primary N) is 2. The number of likely N-dealkylation sites (N-methyl/N-ethyl adjacent to an activating group) is 1. The van der Waals surface area contributed by atoms with Crippen LogP contribution in [0, 0.1) is 0 Å². The van der Waals surface area contributed by atoms with E-state index in [2.05, 4.69) is 5.32 Å². The van der Waals surface area contributed by atoms with Gasteiger partial charge in [0.2, 0.25) is 0 Å². The molecule has 2 heterocycles. The third kappa shape index (κ3) is 5.39. The highest BCUT2D eigenvalue weighted by atomic mass is 16.7. The summed E-state index contributed by atoms with van der Waals surface area (Å²) in [7, 11) is 1.59. The lowest BCUT2D eigenvalue weighted by Crippen LogP contribution is -2.68. The van der Waals surface area contributed by atoms with Gasteiger partial charge in [0.1, 0.15) is 61.0 Å². The van der Waals surface area contributed by atoms with Gasteiger partial charge in [-0.25, -0.2) is 0 Å². The topological polar surface area (TPSA) is 263 Å². The molecule has 0 aromatic rings. The van der Waals surface area contributed by atoms with E-state index in [4.69, 9.17) is 30.4 Å². The summed E-state index contributed by atoms with van der Waals surface area (Å²) in [6, 6.07) is -2.55. The molecule has 0 spiro atoms. The van der Waals surface area contributed by atoms with Crippen molar-refractivity contribution in [1.29, 1.82) is 0 Å². The highest BCUT2D eigenvalue weighted by molar-refractivity contribution is 5.02. The molecule has 15 unspecified atom stereocenters. The Kier molecular flexibility index (Phi) is 9.57. The zero-order chi connectivity index (χ0) is 25.3. The van der Waals surface area contributed by atoms with Crippen LogP contribution in [0.5, 0.6) is 0 Å². The van der Waals surface area contributed by atoms with Gasteiger partial charge in [-0.3, -0.25) is 0 Å². The van der Waals surface area contributed by atoms with Crippen molar-refractivity contribution in [2.75, 3.05) is 20.3 Å². The standard InChI is InChI=1S/C19H37N3O12/c1-22-6-2-5(20)16(33-18-12(27)9(21)10(25)7(3-23)31-18)15(30)17(6)34-19-14(29)13(28)11(26)8(4-24)32-19/h5-19,22-30H,2-4,20-21H2,1H3. The van der Waals surface area contributed by atoms with Gasteiger partial charge in [-0.05, 0) is 13.5 Å². The molecule has 1 aliphatic carbocycles. The van der Waals surface area contributed by atoms with Crippen molar-refractivity contribution in [3.05, 3.63) is 0 Å². The number of ether oxygens (including phenoxy) is 4. The summed E-state index contributed by atoms with van der Waals surface area (Å²) in [6.45, 7) is -1.25. The van der Waals surface area contributed by atoms with E-state index < -0.39 is 105 Å². The lowest BCUT2D eigenvalue weighted by Gasteiger charge is -2.48. The molecule has 2 aliphatic heterocycles. The van der Waals surface area contributed by atoms with Crippen LogP contribution in [0.4, 0.5) is 0 Å². The van der Waals surface area contributed by atoms with Crippen LogP contribution < -0.4 is 16.8 Å². The maximum absolute atomic E-state index is 11.1. The molecule has 200 valence electrons. The SMILES string of the molecule is CNC1CC(N)C(OC2OC(CO)C(O)C(N)C2O)C(O)C1OC1OC(CO)C(O)C(O)C1O. The highest BCUT2D eigenvalue weighted by Gasteiger charge is 2.52. The summed E-state index contributed by atoms with van der Waals surface area (Å²) in [6.07, 6.45) is -16.6. The summed E-state index contributed by atoms with van der Waals surface area (Å²) in [5.41, 5.74) is 12.0. The Morgan fingerprint density at radius 2 is 1.26 bits per heavy atom. The van der Waals surface area contributed by atoms with E-state index in [0.717, 1.165) is 0 Å². The van der Waals surface area contributed by atoms with Crippen LogP contribution in [0.15, 0.2) is 0 Å². The number of aliphatic hydroxyl groups is 8. The Labute approximate surface area is 195 Å². The smallest absolute Gasteiger partial charge is 0.187 e. The van der Waals surface area contributed by atoms with Gasteiger partial charge in [-0.2, -0.15) is 0 Å². The predicted molar refractivity (Wildman–Crippen MR) is 111 cm³/mol. The number of hydrogen-bond acceptors (Lipinski definition) is 15. The molecule has 15 heteroatoms. The van der Waals surface area contributed by atoms with Crippen LogP contribution in [0.25, 0.3) is 0 Å². The molecule has 15 atom stereocenters. The molecule has 3 aliphatic rings. The van der Waals surface area contributed by atoms with Gasteiger partial charge < -0.3 is 76.6 Å². The second kappa shape index (κ2) is 11.6. The first kappa shape index (κ1) is 28.0. The molecule has 0 bridgehead atoms. The average molecular weight is 500 g/mol. The number of rotatable bonds is 7. The molecule has 0 radical (unpaired) electrons. The van der Waals surface area contributed by atoms with E-state index in [1.807, 2.05) is 0 Å². The van der Waals surface area contributed by atoms with Crippen molar-refractivity contribution in [3.8, 4) is 0 Å². The number of aliphatic hydroxyl groups excluding tert-OH is 8. The third-order valence-electron chi connectivity index (χ3n) is 6.76. The van der Waals surface area contributed by atoms with Gasteiger partial charge in [-0.1, -0.05) is 0 Å². The summed E-state index contributed by atoms with van der Waals surface area (Å²) in [5.74, 6) is 0. The maximum Gasteiger partial charge on any atom is 0.187 e. The predicted octanol–water partition coefficient (Wildman–Crippen LogP) is -7.00. The molecule has 0 aromatic carbocycles. The molecule has 0 aromatic heterocycles. The highest BCUT2D eigenvalue weighted by Crippen LogP contribution is 2.31. The molecule has 3 rings (SSSR count). The Morgan fingerprint density at radius 1 is 0.735 bits per heavy atom. The van der Waals surface area contributed by atoms with Crippen LogP contribution in [-0.2, 0) is 18.9 Å². The molecule has 13 N–H and O–H groups in total. The fraction of sp³-hybridized carbons (Fsp3) is 1.00. The zero-order valence-electron chi connectivity index (χ0n) is 18.6. The summed E-state index contributed by atoms with van der Waals surface area (Å²) >= 11 is 0. The van der Waals surface area contributed by atoms with Gasteiger partial charge in [0.05, 0.1) is 19.3 Å². The molecular weight excluding hydrogens is 462 g/mol. The molecule has 15 nitrogen and oxygen atoms in total. The average Bonchev–Trinajstić information content (AvgIpc) is 2.82. The lowest BCUT2D eigenvalue weighted by molar-refractivity contribution is -0.335. The molecule has 2 saturated heterocycles. The first-order valence-electron chi connectivity index (χ1n) is 11.2. The minimum absolute atomic E-state index is 0.196. The Balaban J connectivity index is 1.76. The lowest BCUT2D eigenvalue weighted by atomic mass is 9.83. The van der Waals surface area contributed by atoms with Crippen molar-refractivity contribution in [3.63, 3.8) is 0 Å². The molecule has 3 fully saturated rings. The molecule has 34 heavy (non-hydrogen) atoms. The van der Waals surface area contributed by atoms with Crippen molar-refractivity contribution in [1.82, 2.24) is 5.32 Å². The first-order chi connectivity index (χ1) is 16.0. The number of hydrogen-bond donors (Lipinski definition) is 11. The first-order valence-corrected chi connectivity index (χ1v) is 11.2. The second-order valence-corrected chi connectivity index (χ2v) is 8.97. The maximum atomic E-state index is 11.1. The monoisotopic (exact) mass is 499 g/mol. The van der Waals surface area contributed by atoms with E-state index in [0.29, 0.717) is 0 Å². The fourth-order valence-corrected chi connectivity index (χ4v) is 4.60. The largest absolute Gasteiger partial charge is 0.394 e. The van der Waals surface area contributed by atoms with Crippen molar-refractivity contribution in [2.45, 2.75) is 98.2 Å². The quantitative estimate of drug-likeness (QED) is 0.155. The Hall–Kier alpha value is -0.600. The van der Waals surface area contributed by atoms with Gasteiger partial charge in [0.15, 0.2) is 12.6 Å². The van der Waals surface area contributed by atoms with Gasteiger partial charge in [0.25, 0.3) is 0 Å². The van der Waals surface area contributed by atoms with Gasteiger partial charge >= 0.3 is 0 Å². The van der Waals surface area contributed by atoms with Gasteiger partial charge in [-0.15, -0.1) is 0 Å². The van der Waals surface area contributed by atoms with Crippen LogP contribution in [0.2, 0.25) is 0 Å². The van der Waals surface area contributed by atoms with Crippen LogP contribution in [0.1, 0.15) is 6.42 Å². The van der Waals surface area contributed by atoms with E-state index in [1.165, 1.54) is 0 Å². The van der Waals surface area contributed by atoms with E-state index in [9.17, 15) is 40.9 Å². The zero-order valence-corrected chi connectivity index (χ0v) is 18.6. The Morgan fingerprint density at radius 3 is 1.82 bits per heavy atom. The van der Waals surface area contributed by atoms with E-state index in [-0.39, 0.29) is 6.42 Å².